The third-order valence-corrected chi connectivity index (χ3v) is 5.40. The SMILES string of the molecule is CN=C(NCCCCN1CCOCC1)N1CCOC(c2ccccc2C)C1. The molecular formula is C21H34N4O2. The Bertz CT molecular complexity index is 602. The number of hydrogen-bond donors (Lipinski definition) is 1. The Kier molecular flexibility index (Phi) is 7.93. The zero-order chi connectivity index (χ0) is 18.9. The molecule has 0 saturated carbocycles. The Balaban J connectivity index is 1.42. The van der Waals surface area contributed by atoms with E-state index in [1.807, 2.05) is 7.05 Å². The van der Waals surface area contributed by atoms with Gasteiger partial charge in [0.05, 0.1) is 26.4 Å². The smallest absolute Gasteiger partial charge is 0.193 e. The molecule has 1 aromatic carbocycles. The molecule has 1 aromatic rings. The molecule has 150 valence electrons. The van der Waals surface area contributed by atoms with E-state index in [0.29, 0.717) is 0 Å². The van der Waals surface area contributed by atoms with Gasteiger partial charge in [0.15, 0.2) is 5.96 Å². The van der Waals surface area contributed by atoms with Gasteiger partial charge in [0.2, 0.25) is 0 Å². The largest absolute Gasteiger partial charge is 0.379 e. The Morgan fingerprint density at radius 1 is 1.15 bits per heavy atom. The molecular weight excluding hydrogens is 340 g/mol. The van der Waals surface area contributed by atoms with E-state index in [9.17, 15) is 0 Å². The van der Waals surface area contributed by atoms with Crippen LogP contribution < -0.4 is 5.32 Å². The maximum atomic E-state index is 6.04. The Hall–Kier alpha value is -1.63. The van der Waals surface area contributed by atoms with Crippen LogP contribution in [0.25, 0.3) is 0 Å². The molecule has 0 spiro atoms. The van der Waals surface area contributed by atoms with Crippen molar-refractivity contribution >= 4 is 5.96 Å². The first-order chi connectivity index (χ1) is 13.3. The minimum atomic E-state index is 0.111. The molecule has 27 heavy (non-hydrogen) atoms. The second kappa shape index (κ2) is 10.6. The minimum Gasteiger partial charge on any atom is -0.379 e. The molecule has 1 atom stereocenters. The summed E-state index contributed by atoms with van der Waals surface area (Å²) in [4.78, 5) is 9.31. The number of morpholine rings is 2. The number of ether oxygens (including phenoxy) is 2. The van der Waals surface area contributed by atoms with Crippen molar-refractivity contribution in [2.45, 2.75) is 25.9 Å². The van der Waals surface area contributed by atoms with Gasteiger partial charge in [0, 0.05) is 33.2 Å². The van der Waals surface area contributed by atoms with E-state index in [1.165, 1.54) is 17.5 Å². The van der Waals surface area contributed by atoms with Gasteiger partial charge >= 0.3 is 0 Å². The summed E-state index contributed by atoms with van der Waals surface area (Å²) in [5, 5.41) is 3.54. The van der Waals surface area contributed by atoms with Crippen molar-refractivity contribution in [3.05, 3.63) is 35.4 Å². The highest BCUT2D eigenvalue weighted by Crippen LogP contribution is 2.24. The van der Waals surface area contributed by atoms with E-state index >= 15 is 0 Å². The summed E-state index contributed by atoms with van der Waals surface area (Å²) in [6.07, 6.45) is 2.47. The predicted molar refractivity (Wildman–Crippen MR) is 109 cm³/mol. The molecule has 2 saturated heterocycles. The van der Waals surface area contributed by atoms with Crippen LogP contribution in [0.15, 0.2) is 29.3 Å². The van der Waals surface area contributed by atoms with Crippen molar-refractivity contribution in [3.8, 4) is 0 Å². The number of aryl methyl sites for hydroxylation is 1. The molecule has 1 unspecified atom stereocenters. The first kappa shape index (κ1) is 20.1. The lowest BCUT2D eigenvalue weighted by molar-refractivity contribution is -0.00831. The van der Waals surface area contributed by atoms with Gasteiger partial charge in [-0.3, -0.25) is 9.89 Å². The summed E-state index contributed by atoms with van der Waals surface area (Å²) in [6.45, 7) is 10.6. The maximum Gasteiger partial charge on any atom is 0.193 e. The fourth-order valence-corrected chi connectivity index (χ4v) is 3.80. The van der Waals surface area contributed by atoms with E-state index in [4.69, 9.17) is 9.47 Å². The molecule has 0 aromatic heterocycles. The van der Waals surface area contributed by atoms with Crippen LogP contribution in [0, 0.1) is 6.92 Å². The van der Waals surface area contributed by atoms with Crippen LogP contribution in [0.2, 0.25) is 0 Å². The Labute approximate surface area is 163 Å². The van der Waals surface area contributed by atoms with Crippen LogP contribution in [0.4, 0.5) is 0 Å². The first-order valence-electron chi connectivity index (χ1n) is 10.2. The van der Waals surface area contributed by atoms with Crippen molar-refractivity contribution in [1.29, 1.82) is 0 Å². The van der Waals surface area contributed by atoms with Gasteiger partial charge in [-0.25, -0.2) is 0 Å². The lowest BCUT2D eigenvalue weighted by Crippen LogP contribution is -2.48. The van der Waals surface area contributed by atoms with Gasteiger partial charge in [0.25, 0.3) is 0 Å². The lowest BCUT2D eigenvalue weighted by atomic mass is 10.0. The van der Waals surface area contributed by atoms with Gasteiger partial charge in [-0.05, 0) is 37.4 Å². The van der Waals surface area contributed by atoms with E-state index in [1.54, 1.807) is 0 Å². The average Bonchev–Trinajstić information content (AvgIpc) is 2.72. The van der Waals surface area contributed by atoms with Crippen LogP contribution >= 0.6 is 0 Å². The molecule has 6 nitrogen and oxygen atoms in total. The van der Waals surface area contributed by atoms with Gasteiger partial charge in [-0.15, -0.1) is 0 Å². The average molecular weight is 375 g/mol. The van der Waals surface area contributed by atoms with E-state index in [0.717, 1.165) is 71.5 Å². The Morgan fingerprint density at radius 3 is 2.74 bits per heavy atom. The van der Waals surface area contributed by atoms with Crippen LogP contribution in [0.5, 0.6) is 0 Å². The number of hydrogen-bond acceptors (Lipinski definition) is 4. The normalized spacial score (nSPS) is 22.1. The molecule has 0 radical (unpaired) electrons. The molecule has 2 fully saturated rings. The van der Waals surface area contributed by atoms with Crippen molar-refractivity contribution in [2.24, 2.45) is 4.99 Å². The van der Waals surface area contributed by atoms with Crippen LogP contribution in [0.3, 0.4) is 0 Å². The number of nitrogens with zero attached hydrogens (tertiary/aromatic N) is 3. The van der Waals surface area contributed by atoms with Crippen LogP contribution in [0.1, 0.15) is 30.1 Å². The number of rotatable bonds is 6. The highest BCUT2D eigenvalue weighted by Gasteiger charge is 2.24. The number of nitrogens with one attached hydrogen (secondary N) is 1. The number of benzene rings is 1. The fourth-order valence-electron chi connectivity index (χ4n) is 3.80. The summed E-state index contributed by atoms with van der Waals surface area (Å²) in [7, 11) is 1.87. The number of unbranched alkanes of at least 4 members (excludes halogenated alkanes) is 1. The fraction of sp³-hybridized carbons (Fsp3) is 0.667. The third kappa shape index (κ3) is 5.92. The second-order valence-corrected chi connectivity index (χ2v) is 7.30. The molecule has 0 bridgehead atoms. The monoisotopic (exact) mass is 374 g/mol. The summed E-state index contributed by atoms with van der Waals surface area (Å²) in [5.74, 6) is 0.989. The molecule has 1 N–H and O–H groups in total. The molecule has 2 aliphatic heterocycles. The minimum absolute atomic E-state index is 0.111. The van der Waals surface area contributed by atoms with E-state index in [-0.39, 0.29) is 6.10 Å². The molecule has 2 heterocycles. The summed E-state index contributed by atoms with van der Waals surface area (Å²) < 4.78 is 11.4. The highest BCUT2D eigenvalue weighted by atomic mass is 16.5. The van der Waals surface area contributed by atoms with Gasteiger partial charge in [0.1, 0.15) is 6.10 Å². The van der Waals surface area contributed by atoms with Crippen molar-refractivity contribution in [3.63, 3.8) is 0 Å². The van der Waals surface area contributed by atoms with Crippen LogP contribution in [-0.2, 0) is 9.47 Å². The molecule has 0 aliphatic carbocycles. The van der Waals surface area contributed by atoms with Gasteiger partial charge < -0.3 is 19.7 Å². The summed E-state index contributed by atoms with van der Waals surface area (Å²) in [6, 6.07) is 8.49. The summed E-state index contributed by atoms with van der Waals surface area (Å²) >= 11 is 0. The number of aliphatic imine (C=N–C) groups is 1. The molecule has 0 amide bonds. The van der Waals surface area contributed by atoms with Crippen molar-refractivity contribution in [1.82, 2.24) is 15.1 Å². The van der Waals surface area contributed by atoms with Crippen LogP contribution in [-0.4, -0.2) is 81.9 Å². The standard InChI is InChI=1S/C21H34N4O2/c1-18-7-3-4-8-19(18)20-17-25(13-16-27-20)21(22-2)23-9-5-6-10-24-11-14-26-15-12-24/h3-4,7-8,20H,5-6,9-17H2,1-2H3,(H,22,23). The first-order valence-corrected chi connectivity index (χ1v) is 10.2. The van der Waals surface area contributed by atoms with Crippen molar-refractivity contribution < 1.29 is 9.47 Å². The maximum absolute atomic E-state index is 6.04. The molecule has 3 rings (SSSR count). The van der Waals surface area contributed by atoms with E-state index < -0.39 is 0 Å². The lowest BCUT2D eigenvalue weighted by Gasteiger charge is -2.35. The van der Waals surface area contributed by atoms with Gasteiger partial charge in [-0.2, -0.15) is 0 Å². The number of guanidine groups is 1. The molecule has 6 heteroatoms. The van der Waals surface area contributed by atoms with Crippen molar-refractivity contribution in [2.75, 3.05) is 66.1 Å². The third-order valence-electron chi connectivity index (χ3n) is 5.40. The second-order valence-electron chi connectivity index (χ2n) is 7.30. The zero-order valence-electron chi connectivity index (χ0n) is 16.8. The van der Waals surface area contributed by atoms with E-state index in [2.05, 4.69) is 51.3 Å². The van der Waals surface area contributed by atoms with Gasteiger partial charge in [-0.1, -0.05) is 24.3 Å². The zero-order valence-corrected chi connectivity index (χ0v) is 16.8. The quantitative estimate of drug-likeness (QED) is 0.469. The topological polar surface area (TPSA) is 49.3 Å². The highest BCUT2D eigenvalue weighted by molar-refractivity contribution is 5.80. The predicted octanol–water partition coefficient (Wildman–Crippen LogP) is 2.06. The Morgan fingerprint density at radius 2 is 1.96 bits per heavy atom. The summed E-state index contributed by atoms with van der Waals surface area (Å²) in [5.41, 5.74) is 2.57. The molecule has 2 aliphatic rings.